The maximum absolute atomic E-state index is 14.7. The predicted molar refractivity (Wildman–Crippen MR) is 197 cm³/mol. The molecule has 0 aliphatic carbocycles. The number of nitrogens with one attached hydrogen (secondary N) is 1. The van der Waals surface area contributed by atoms with Crippen LogP contribution in [0.4, 0.5) is 5.69 Å². The summed E-state index contributed by atoms with van der Waals surface area (Å²) in [5.74, 6) is -0.250. The molecule has 0 aliphatic rings. The Bertz CT molecular complexity index is 1830. The molecule has 0 saturated carbocycles. The zero-order valence-corrected chi connectivity index (χ0v) is 31.2. The van der Waals surface area contributed by atoms with Crippen LogP contribution in [0.3, 0.4) is 0 Å². The first-order valence-electron chi connectivity index (χ1n) is 16.1. The third-order valence-corrected chi connectivity index (χ3v) is 10.6. The molecule has 0 fully saturated rings. The fourth-order valence-electron chi connectivity index (χ4n) is 5.51. The smallest absolute Gasteiger partial charge is 0.264 e. The van der Waals surface area contributed by atoms with Crippen LogP contribution in [-0.4, -0.2) is 58.0 Å². The summed E-state index contributed by atoms with van der Waals surface area (Å²) >= 11 is 3.47. The van der Waals surface area contributed by atoms with Crippen molar-refractivity contribution in [3.8, 4) is 11.5 Å². The maximum atomic E-state index is 14.7. The molecule has 1 N–H and O–H groups in total. The summed E-state index contributed by atoms with van der Waals surface area (Å²) in [5.41, 5.74) is 3.64. The molecule has 0 aromatic heterocycles. The largest absolute Gasteiger partial charge is 0.493 e. The third-order valence-electron chi connectivity index (χ3n) is 8.25. The van der Waals surface area contributed by atoms with Gasteiger partial charge in [0.1, 0.15) is 12.6 Å². The summed E-state index contributed by atoms with van der Waals surface area (Å²) in [4.78, 5) is 30.2. The number of halogens is 1. The number of hydrogen-bond donors (Lipinski definition) is 1. The van der Waals surface area contributed by atoms with Gasteiger partial charge >= 0.3 is 0 Å². The number of hydrogen-bond acceptors (Lipinski definition) is 6. The molecule has 0 bridgehead atoms. The highest BCUT2D eigenvalue weighted by Crippen LogP contribution is 2.33. The number of rotatable bonds is 15. The van der Waals surface area contributed by atoms with Gasteiger partial charge in [-0.05, 0) is 85.8 Å². The Hall–Kier alpha value is -4.35. The molecular weight excluding hydrogens is 706 g/mol. The van der Waals surface area contributed by atoms with Gasteiger partial charge in [-0.2, -0.15) is 0 Å². The van der Waals surface area contributed by atoms with Crippen LogP contribution in [0.15, 0.2) is 100 Å². The Morgan fingerprint density at radius 2 is 1.47 bits per heavy atom. The number of ether oxygens (including phenoxy) is 2. The van der Waals surface area contributed by atoms with E-state index in [-0.39, 0.29) is 35.6 Å². The van der Waals surface area contributed by atoms with Crippen molar-refractivity contribution in [2.75, 3.05) is 25.1 Å². The zero-order chi connectivity index (χ0) is 35.7. The zero-order valence-electron chi connectivity index (χ0n) is 28.8. The molecule has 0 radical (unpaired) electrons. The van der Waals surface area contributed by atoms with Crippen molar-refractivity contribution < 1.29 is 27.5 Å². The topological polar surface area (TPSA) is 105 Å². The minimum Gasteiger partial charge on any atom is -0.493 e. The minimum atomic E-state index is -4.34. The Balaban J connectivity index is 1.85. The molecule has 4 rings (SSSR count). The first-order chi connectivity index (χ1) is 23.4. The van der Waals surface area contributed by atoms with E-state index in [1.54, 1.807) is 12.1 Å². The highest BCUT2D eigenvalue weighted by molar-refractivity contribution is 9.10. The van der Waals surface area contributed by atoms with Gasteiger partial charge in [0, 0.05) is 29.5 Å². The average molecular weight is 751 g/mol. The van der Waals surface area contributed by atoms with Crippen LogP contribution in [0, 0.1) is 13.8 Å². The van der Waals surface area contributed by atoms with E-state index in [1.165, 1.54) is 37.3 Å². The van der Waals surface area contributed by atoms with Gasteiger partial charge in [0.15, 0.2) is 11.5 Å². The van der Waals surface area contributed by atoms with Crippen molar-refractivity contribution >= 4 is 43.5 Å². The maximum Gasteiger partial charge on any atom is 0.264 e. The van der Waals surface area contributed by atoms with Gasteiger partial charge in [0.05, 0.1) is 24.8 Å². The monoisotopic (exact) mass is 749 g/mol. The molecule has 0 unspecified atom stereocenters. The SMILES string of the molecule is CC[C@@H](C)NC(=O)[C@H](Cc1ccccc1)N(Cc1ccc(Br)cc1)C(=O)CN(c1cc(C)cc(C)c1)S(=O)(=O)c1ccc(OC)c(OC)c1. The van der Waals surface area contributed by atoms with Crippen molar-refractivity contribution in [2.45, 2.75) is 64.1 Å². The van der Waals surface area contributed by atoms with Crippen LogP contribution in [0.25, 0.3) is 0 Å². The summed E-state index contributed by atoms with van der Waals surface area (Å²) in [5, 5.41) is 3.06. The molecule has 0 heterocycles. The van der Waals surface area contributed by atoms with Crippen LogP contribution >= 0.6 is 15.9 Å². The van der Waals surface area contributed by atoms with E-state index in [0.717, 1.165) is 31.0 Å². The van der Waals surface area contributed by atoms with Crippen LogP contribution in [0.5, 0.6) is 11.5 Å². The molecule has 4 aromatic rings. The minimum absolute atomic E-state index is 0.0769. The van der Waals surface area contributed by atoms with Gasteiger partial charge in [-0.25, -0.2) is 8.42 Å². The van der Waals surface area contributed by atoms with Crippen molar-refractivity contribution in [2.24, 2.45) is 0 Å². The van der Waals surface area contributed by atoms with E-state index in [0.29, 0.717) is 17.9 Å². The second-order valence-corrected chi connectivity index (χ2v) is 14.8. The van der Waals surface area contributed by atoms with Crippen LogP contribution in [0.2, 0.25) is 0 Å². The molecule has 4 aromatic carbocycles. The third kappa shape index (κ3) is 9.64. The fraction of sp³-hybridized carbons (Fsp3) is 0.316. The number of sulfonamides is 1. The van der Waals surface area contributed by atoms with Gasteiger partial charge in [-0.15, -0.1) is 0 Å². The Morgan fingerprint density at radius 1 is 0.837 bits per heavy atom. The summed E-state index contributed by atoms with van der Waals surface area (Å²) in [6.07, 6.45) is 0.936. The Labute approximate surface area is 298 Å². The van der Waals surface area contributed by atoms with E-state index in [4.69, 9.17) is 9.47 Å². The molecule has 2 amide bonds. The van der Waals surface area contributed by atoms with Gasteiger partial charge < -0.3 is 19.7 Å². The van der Waals surface area contributed by atoms with Crippen molar-refractivity contribution in [1.29, 1.82) is 0 Å². The lowest BCUT2D eigenvalue weighted by molar-refractivity contribution is -0.140. The Morgan fingerprint density at radius 3 is 2.06 bits per heavy atom. The van der Waals surface area contributed by atoms with Gasteiger partial charge in [0.25, 0.3) is 10.0 Å². The predicted octanol–water partition coefficient (Wildman–Crippen LogP) is 6.83. The molecule has 0 saturated heterocycles. The molecule has 9 nitrogen and oxygen atoms in total. The van der Waals surface area contributed by atoms with Gasteiger partial charge in [-0.1, -0.05) is 71.4 Å². The number of carbonyl (C=O) groups is 2. The molecule has 260 valence electrons. The van der Waals surface area contributed by atoms with E-state index in [2.05, 4.69) is 21.2 Å². The number of methoxy groups -OCH3 is 2. The average Bonchev–Trinajstić information content (AvgIpc) is 3.08. The summed E-state index contributed by atoms with van der Waals surface area (Å²) in [6.45, 7) is 7.15. The van der Waals surface area contributed by atoms with Gasteiger partial charge in [0.2, 0.25) is 11.8 Å². The van der Waals surface area contributed by atoms with Crippen molar-refractivity contribution in [3.63, 3.8) is 0 Å². The summed E-state index contributed by atoms with van der Waals surface area (Å²) in [7, 11) is -1.44. The van der Waals surface area contributed by atoms with Crippen LogP contribution < -0.4 is 19.1 Å². The molecule has 11 heteroatoms. The Kier molecular flexibility index (Phi) is 12.9. The van der Waals surface area contributed by atoms with E-state index < -0.39 is 28.5 Å². The van der Waals surface area contributed by atoms with E-state index in [1.807, 2.05) is 88.4 Å². The number of anilines is 1. The number of aryl methyl sites for hydroxylation is 2. The molecule has 0 aliphatic heterocycles. The quantitative estimate of drug-likeness (QED) is 0.143. The first-order valence-corrected chi connectivity index (χ1v) is 18.3. The molecular formula is C38H44BrN3O6S. The lowest BCUT2D eigenvalue weighted by Crippen LogP contribution is -2.54. The molecule has 49 heavy (non-hydrogen) atoms. The molecule has 0 spiro atoms. The molecule has 2 atom stereocenters. The lowest BCUT2D eigenvalue weighted by Gasteiger charge is -2.34. The highest BCUT2D eigenvalue weighted by atomic mass is 79.9. The van der Waals surface area contributed by atoms with Gasteiger partial charge in [-0.3, -0.25) is 13.9 Å². The van der Waals surface area contributed by atoms with Crippen LogP contribution in [-0.2, 0) is 32.6 Å². The number of carbonyl (C=O) groups excluding carboxylic acids is 2. The number of amides is 2. The standard InChI is InChI=1S/C38H44BrN3O6S/c1-7-28(4)40-38(44)34(22-29-11-9-8-10-12-29)41(24-30-13-15-31(39)16-14-30)37(43)25-42(32-20-26(2)19-27(3)21-32)49(45,46)33-17-18-35(47-5)36(23-33)48-6/h8-21,23,28,34H,7,22,24-25H2,1-6H3,(H,40,44)/t28-,34+/m1/s1. The van der Waals surface area contributed by atoms with E-state index in [9.17, 15) is 18.0 Å². The highest BCUT2D eigenvalue weighted by Gasteiger charge is 2.35. The summed E-state index contributed by atoms with van der Waals surface area (Å²) < 4.78 is 41.8. The number of benzene rings is 4. The lowest BCUT2D eigenvalue weighted by atomic mass is 10.0. The normalized spacial score (nSPS) is 12.5. The number of nitrogens with zero attached hydrogens (tertiary/aromatic N) is 2. The summed E-state index contributed by atoms with van der Waals surface area (Å²) in [6, 6.07) is 25.6. The van der Waals surface area contributed by atoms with Crippen molar-refractivity contribution in [1.82, 2.24) is 10.2 Å². The second-order valence-electron chi connectivity index (χ2n) is 12.0. The van der Waals surface area contributed by atoms with Crippen LogP contribution in [0.1, 0.15) is 42.5 Å². The van der Waals surface area contributed by atoms with Crippen molar-refractivity contribution in [3.05, 3.63) is 118 Å². The first kappa shape index (κ1) is 37.5. The fourth-order valence-corrected chi connectivity index (χ4v) is 7.19. The second kappa shape index (κ2) is 16.8. The van der Waals surface area contributed by atoms with E-state index >= 15 is 0 Å².